The summed E-state index contributed by atoms with van der Waals surface area (Å²) in [6.07, 6.45) is 5.09. The third-order valence-corrected chi connectivity index (χ3v) is 3.24. The molecule has 0 aromatic carbocycles. The van der Waals surface area contributed by atoms with Crippen LogP contribution in [0.25, 0.3) is 0 Å². The number of likely N-dealkylation sites (N-methyl/N-ethyl adjacent to an activating group) is 1. The van der Waals surface area contributed by atoms with Crippen LogP contribution in [0.3, 0.4) is 0 Å². The maximum Gasteiger partial charge on any atom is 0.165 e. The van der Waals surface area contributed by atoms with Gasteiger partial charge in [0.05, 0.1) is 0 Å². The first kappa shape index (κ1) is 10.5. The van der Waals surface area contributed by atoms with E-state index in [-0.39, 0.29) is 0 Å². The molecule has 2 atom stereocenters. The summed E-state index contributed by atoms with van der Waals surface area (Å²) < 4.78 is 25.8. The molecule has 2 aliphatic rings. The molecule has 2 rings (SSSR count). The fourth-order valence-corrected chi connectivity index (χ4v) is 1.84. The minimum Gasteiger partial charge on any atom is -0.238 e. The maximum atomic E-state index is 10.5. The molecule has 0 saturated heterocycles. The summed E-state index contributed by atoms with van der Waals surface area (Å²) in [5.74, 6) is 0. The molecule has 0 N–H and O–H groups in total. The molecule has 0 amide bonds. The molecule has 0 radical (unpaired) electrons. The van der Waals surface area contributed by atoms with Crippen molar-refractivity contribution in [2.45, 2.75) is 0 Å². The Morgan fingerprint density at radius 1 is 1.38 bits per heavy atom. The number of hydrogen-bond acceptors (Lipinski definition) is 2. The second-order valence-corrected chi connectivity index (χ2v) is 4.80. The van der Waals surface area contributed by atoms with E-state index in [1.807, 2.05) is 13.1 Å². The van der Waals surface area contributed by atoms with Crippen molar-refractivity contribution in [1.82, 2.24) is 4.31 Å². The Kier molecular flexibility index (Phi) is 4.20. The predicted octanol–water partition coefficient (Wildman–Crippen LogP) is 0.357. The Morgan fingerprint density at radius 3 is 2.31 bits per heavy atom. The Bertz CT molecular complexity index is 296. The fourth-order valence-electron chi connectivity index (χ4n) is 0.684. The van der Waals surface area contributed by atoms with E-state index in [2.05, 4.69) is 4.40 Å². The molecule has 0 spiro atoms. The summed E-state index contributed by atoms with van der Waals surface area (Å²) in [6, 6.07) is 0. The van der Waals surface area contributed by atoms with Crippen molar-refractivity contribution >= 4 is 28.2 Å². The van der Waals surface area contributed by atoms with E-state index in [0.717, 1.165) is 6.54 Å². The van der Waals surface area contributed by atoms with E-state index in [1.165, 1.54) is 11.6 Å². The predicted molar refractivity (Wildman–Crippen MR) is 55.7 cm³/mol. The summed E-state index contributed by atoms with van der Waals surface area (Å²) in [7, 11) is -0.0193. The summed E-state index contributed by atoms with van der Waals surface area (Å²) >= 11 is 0. The van der Waals surface area contributed by atoms with Crippen molar-refractivity contribution in [2.75, 3.05) is 13.6 Å². The maximum absolute atomic E-state index is 10.5. The minimum absolute atomic E-state index is 0.815. The van der Waals surface area contributed by atoms with E-state index >= 15 is 0 Å². The molecule has 13 heavy (non-hydrogen) atoms. The highest BCUT2D eigenvalue weighted by molar-refractivity contribution is 7.87. The molecule has 2 unspecified atom stereocenters. The molecule has 0 bridgehead atoms. The van der Waals surface area contributed by atoms with E-state index in [4.69, 9.17) is 0 Å². The first-order valence-electron chi connectivity index (χ1n) is 3.60. The zero-order valence-electron chi connectivity index (χ0n) is 7.12. The van der Waals surface area contributed by atoms with E-state index in [9.17, 15) is 8.42 Å². The first-order chi connectivity index (χ1) is 6.20. The fraction of sp³-hybridized carbons (Fsp3) is 0.286. The lowest BCUT2D eigenvalue weighted by molar-refractivity contribution is 0.586. The summed E-state index contributed by atoms with van der Waals surface area (Å²) in [5, 5.41) is 3.22. The average molecular weight is 218 g/mol. The summed E-state index contributed by atoms with van der Waals surface area (Å²) in [4.78, 5) is 0. The molecule has 0 aromatic heterocycles. The van der Waals surface area contributed by atoms with Crippen LogP contribution in [0.1, 0.15) is 0 Å². The zero-order chi connectivity index (χ0) is 9.68. The number of hydrogen-bond donors (Lipinski definition) is 0. The normalized spacial score (nSPS) is 30.5. The molecule has 0 aromatic rings. The lowest BCUT2D eigenvalue weighted by Crippen LogP contribution is -2.13. The van der Waals surface area contributed by atoms with Gasteiger partial charge in [-0.25, -0.2) is 12.7 Å². The SMILES string of the molecule is CN1CC=CS1=O.O=S1C=CC=N1. The molecule has 6 heteroatoms. The second-order valence-electron chi connectivity index (χ2n) is 2.32. The largest absolute Gasteiger partial charge is 0.238 e. The van der Waals surface area contributed by atoms with Gasteiger partial charge in [-0.3, -0.25) is 0 Å². The quantitative estimate of drug-likeness (QED) is 0.589. The first-order valence-corrected chi connectivity index (χ1v) is 5.94. The average Bonchev–Trinajstić information content (AvgIpc) is 2.67. The van der Waals surface area contributed by atoms with Crippen LogP contribution in [0.2, 0.25) is 0 Å². The van der Waals surface area contributed by atoms with Crippen molar-refractivity contribution in [3.8, 4) is 0 Å². The Morgan fingerprint density at radius 2 is 2.15 bits per heavy atom. The van der Waals surface area contributed by atoms with Crippen molar-refractivity contribution in [3.05, 3.63) is 23.0 Å². The van der Waals surface area contributed by atoms with Crippen LogP contribution in [0.15, 0.2) is 27.4 Å². The van der Waals surface area contributed by atoms with E-state index in [1.54, 1.807) is 15.8 Å². The monoisotopic (exact) mass is 218 g/mol. The topological polar surface area (TPSA) is 49.7 Å². The van der Waals surface area contributed by atoms with Crippen LogP contribution < -0.4 is 0 Å². The molecular formula is C7H10N2O2S2. The van der Waals surface area contributed by atoms with Gasteiger partial charge in [-0.15, -0.1) is 0 Å². The van der Waals surface area contributed by atoms with Crippen molar-refractivity contribution in [1.29, 1.82) is 0 Å². The third kappa shape index (κ3) is 3.75. The molecule has 0 saturated carbocycles. The van der Waals surface area contributed by atoms with Gasteiger partial charge in [-0.2, -0.15) is 4.40 Å². The lowest BCUT2D eigenvalue weighted by atomic mass is 10.6. The van der Waals surface area contributed by atoms with Gasteiger partial charge in [0.25, 0.3) is 0 Å². The van der Waals surface area contributed by atoms with Crippen LogP contribution in [0.4, 0.5) is 0 Å². The Hall–Kier alpha value is -0.590. The number of nitrogens with zero attached hydrogens (tertiary/aromatic N) is 2. The van der Waals surface area contributed by atoms with Gasteiger partial charge in [0.2, 0.25) is 0 Å². The van der Waals surface area contributed by atoms with E-state index < -0.39 is 22.0 Å². The van der Waals surface area contributed by atoms with Crippen LogP contribution in [0, 0.1) is 0 Å². The second kappa shape index (κ2) is 5.21. The van der Waals surface area contributed by atoms with Crippen molar-refractivity contribution in [3.63, 3.8) is 0 Å². The Labute approximate surface area is 82.2 Å². The summed E-state index contributed by atoms with van der Waals surface area (Å²) in [5.41, 5.74) is 0. The molecule has 4 nitrogen and oxygen atoms in total. The number of rotatable bonds is 0. The smallest absolute Gasteiger partial charge is 0.165 e. The van der Waals surface area contributed by atoms with Gasteiger partial charge in [0.15, 0.2) is 11.0 Å². The highest BCUT2D eigenvalue weighted by Gasteiger charge is 2.06. The number of allylic oxidation sites excluding steroid dienone is 1. The van der Waals surface area contributed by atoms with Crippen molar-refractivity contribution < 1.29 is 8.42 Å². The summed E-state index contributed by atoms with van der Waals surface area (Å²) in [6.45, 7) is 0.826. The van der Waals surface area contributed by atoms with Crippen LogP contribution >= 0.6 is 0 Å². The van der Waals surface area contributed by atoms with Crippen molar-refractivity contribution in [2.24, 2.45) is 4.40 Å². The van der Waals surface area contributed by atoms with Gasteiger partial charge in [0.1, 0.15) is 11.0 Å². The molecule has 0 fully saturated rings. The zero-order valence-corrected chi connectivity index (χ0v) is 8.75. The van der Waals surface area contributed by atoms with Crippen LogP contribution in [0.5, 0.6) is 0 Å². The molecule has 2 heterocycles. The molecular weight excluding hydrogens is 208 g/mol. The van der Waals surface area contributed by atoms with Crippen LogP contribution in [-0.4, -0.2) is 32.5 Å². The standard InChI is InChI=1S/C4H7NOS.C3H3NOS/c1-5-3-2-4-7(5)6;5-6-3-1-2-4-6/h2,4H,3H2,1H3;1-3H. The highest BCUT2D eigenvalue weighted by atomic mass is 32.2. The van der Waals surface area contributed by atoms with Crippen LogP contribution in [-0.2, 0) is 22.0 Å². The molecule has 2 aliphatic heterocycles. The van der Waals surface area contributed by atoms with Gasteiger partial charge in [-0.1, -0.05) is 6.08 Å². The van der Waals surface area contributed by atoms with Gasteiger partial charge in [-0.05, 0) is 6.08 Å². The minimum atomic E-state index is -1.03. The van der Waals surface area contributed by atoms with E-state index in [0.29, 0.717) is 0 Å². The molecule has 0 aliphatic carbocycles. The highest BCUT2D eigenvalue weighted by Crippen LogP contribution is 2.00. The molecule has 72 valence electrons. The Balaban J connectivity index is 0.000000132. The van der Waals surface area contributed by atoms with Gasteiger partial charge in [0, 0.05) is 30.6 Å². The van der Waals surface area contributed by atoms with Gasteiger partial charge < -0.3 is 0 Å². The lowest BCUT2D eigenvalue weighted by Gasteiger charge is -2.00. The third-order valence-electron chi connectivity index (χ3n) is 1.33. The van der Waals surface area contributed by atoms with Gasteiger partial charge >= 0.3 is 0 Å².